The van der Waals surface area contributed by atoms with Crippen LogP contribution in [-0.2, 0) is 26.0 Å². The molecule has 0 aliphatic carbocycles. The molecular formula is C31H33NO6S. The number of para-hydroxylation sites is 1. The first kappa shape index (κ1) is 28.3. The molecule has 0 aliphatic rings. The van der Waals surface area contributed by atoms with Gasteiger partial charge in [0.1, 0.15) is 17.2 Å². The molecule has 4 rings (SSSR count). The summed E-state index contributed by atoms with van der Waals surface area (Å²) in [7, 11) is -3.96. The Bertz CT molecular complexity index is 1540. The van der Waals surface area contributed by atoms with E-state index in [2.05, 4.69) is 4.72 Å². The highest BCUT2D eigenvalue weighted by Gasteiger charge is 2.32. The molecule has 0 amide bonds. The molecule has 0 radical (unpaired) electrons. The van der Waals surface area contributed by atoms with Gasteiger partial charge in [0.25, 0.3) is 0 Å². The number of hydrogen-bond acceptors (Lipinski definition) is 6. The van der Waals surface area contributed by atoms with Crippen molar-refractivity contribution in [1.29, 1.82) is 0 Å². The van der Waals surface area contributed by atoms with Gasteiger partial charge in [0.2, 0.25) is 15.8 Å². The van der Waals surface area contributed by atoms with Crippen LogP contribution in [0.25, 0.3) is 22.1 Å². The summed E-state index contributed by atoms with van der Waals surface area (Å²) in [6.45, 7) is 8.73. The number of esters is 1. The molecule has 0 bridgehead atoms. The van der Waals surface area contributed by atoms with Gasteiger partial charge in [-0.1, -0.05) is 68.4 Å². The second kappa shape index (κ2) is 11.2. The van der Waals surface area contributed by atoms with E-state index in [1.54, 1.807) is 52.8 Å². The number of carbonyl (C=O) groups is 2. The minimum atomic E-state index is -3.96. The fourth-order valence-corrected chi connectivity index (χ4v) is 5.42. The largest absolute Gasteiger partial charge is 0.459 e. The van der Waals surface area contributed by atoms with Crippen molar-refractivity contribution in [3.05, 3.63) is 90.2 Å². The Morgan fingerprint density at radius 3 is 2.05 bits per heavy atom. The molecule has 1 unspecified atom stereocenters. The predicted octanol–water partition coefficient (Wildman–Crippen LogP) is 6.17. The first-order valence-corrected chi connectivity index (χ1v) is 14.3. The number of rotatable bonds is 9. The Labute approximate surface area is 229 Å². The maximum Gasteiger partial charge on any atom is 0.324 e. The van der Waals surface area contributed by atoms with E-state index in [0.717, 1.165) is 22.1 Å². The molecule has 3 aromatic carbocycles. The van der Waals surface area contributed by atoms with Crippen LogP contribution in [0.3, 0.4) is 0 Å². The number of sulfonamides is 1. The molecule has 39 heavy (non-hydrogen) atoms. The Morgan fingerprint density at radius 1 is 0.897 bits per heavy atom. The molecule has 0 aliphatic heterocycles. The van der Waals surface area contributed by atoms with E-state index in [-0.39, 0.29) is 23.0 Å². The molecular weight excluding hydrogens is 514 g/mol. The highest BCUT2D eigenvalue weighted by atomic mass is 32.2. The van der Waals surface area contributed by atoms with Crippen molar-refractivity contribution < 1.29 is 27.2 Å². The summed E-state index contributed by atoms with van der Waals surface area (Å²) in [5, 5.41) is 0.890. The molecule has 0 spiro atoms. The van der Waals surface area contributed by atoms with Gasteiger partial charge in [0.05, 0.1) is 4.90 Å². The minimum absolute atomic E-state index is 0.0495. The smallest absolute Gasteiger partial charge is 0.324 e. The highest BCUT2D eigenvalue weighted by molar-refractivity contribution is 7.89. The van der Waals surface area contributed by atoms with E-state index in [1.807, 2.05) is 48.5 Å². The summed E-state index contributed by atoms with van der Waals surface area (Å²) in [5.41, 5.74) is 2.49. The minimum Gasteiger partial charge on any atom is -0.459 e. The lowest BCUT2D eigenvalue weighted by Gasteiger charge is -2.26. The van der Waals surface area contributed by atoms with E-state index in [1.165, 1.54) is 12.1 Å². The Balaban J connectivity index is 1.44. The van der Waals surface area contributed by atoms with Crippen molar-refractivity contribution in [2.75, 3.05) is 0 Å². The molecule has 1 atom stereocenters. The first-order valence-electron chi connectivity index (χ1n) is 12.8. The van der Waals surface area contributed by atoms with E-state index in [9.17, 15) is 18.0 Å². The van der Waals surface area contributed by atoms with Gasteiger partial charge < -0.3 is 9.15 Å². The van der Waals surface area contributed by atoms with Gasteiger partial charge in [0.15, 0.2) is 5.76 Å². The van der Waals surface area contributed by atoms with Crippen LogP contribution in [0.2, 0.25) is 0 Å². The number of Topliss-reactive ketones (excluding diaryl/α,β-unsaturated/α-hetero) is 1. The zero-order valence-corrected chi connectivity index (χ0v) is 23.5. The molecule has 1 heterocycles. The second-order valence-corrected chi connectivity index (χ2v) is 12.6. The summed E-state index contributed by atoms with van der Waals surface area (Å²) in [5.74, 6) is -0.688. The Kier molecular flexibility index (Phi) is 8.09. The molecule has 0 fully saturated rings. The van der Waals surface area contributed by atoms with Crippen LogP contribution in [0.15, 0.2) is 88.2 Å². The van der Waals surface area contributed by atoms with Crippen molar-refractivity contribution >= 4 is 32.7 Å². The van der Waals surface area contributed by atoms with Crippen LogP contribution < -0.4 is 4.72 Å². The molecule has 0 saturated heterocycles. The van der Waals surface area contributed by atoms with Gasteiger partial charge in [0, 0.05) is 11.8 Å². The molecule has 0 saturated carbocycles. The number of carbonyl (C=O) groups excluding carboxylic acids is 2. The molecule has 4 aromatic rings. The number of ether oxygens (including phenoxy) is 1. The molecule has 1 aromatic heterocycles. The average molecular weight is 548 g/mol. The van der Waals surface area contributed by atoms with E-state index in [0.29, 0.717) is 11.3 Å². The van der Waals surface area contributed by atoms with Gasteiger partial charge in [-0.15, -0.1) is 0 Å². The van der Waals surface area contributed by atoms with Crippen molar-refractivity contribution in [2.24, 2.45) is 5.92 Å². The van der Waals surface area contributed by atoms with Crippen molar-refractivity contribution in [3.63, 3.8) is 0 Å². The lowest BCUT2D eigenvalue weighted by Crippen LogP contribution is -2.47. The summed E-state index contributed by atoms with van der Waals surface area (Å²) in [6, 6.07) is 22.2. The van der Waals surface area contributed by atoms with Crippen LogP contribution in [-0.4, -0.2) is 31.8 Å². The molecule has 7 nitrogen and oxygen atoms in total. The van der Waals surface area contributed by atoms with Gasteiger partial charge in [-0.05, 0) is 67.6 Å². The zero-order valence-electron chi connectivity index (χ0n) is 22.7. The standard InChI is InChI=1S/C31H33NO6S/c1-20(2)29(30(34)38-31(3,4)5)32-39(35,36)25-16-14-23(15-17-25)22-12-10-21(11-13-22)18-26(33)28-19-24-8-6-7-9-27(24)37-28/h6-17,19-20,29,32H,18H2,1-5H3. The van der Waals surface area contributed by atoms with E-state index in [4.69, 9.17) is 9.15 Å². The van der Waals surface area contributed by atoms with Gasteiger partial charge in [-0.25, -0.2) is 8.42 Å². The number of furan rings is 1. The van der Waals surface area contributed by atoms with Crippen LogP contribution >= 0.6 is 0 Å². The number of fused-ring (bicyclic) bond motifs is 1. The van der Waals surface area contributed by atoms with Crippen molar-refractivity contribution in [1.82, 2.24) is 4.72 Å². The maximum atomic E-state index is 13.0. The maximum absolute atomic E-state index is 13.0. The third-order valence-corrected chi connectivity index (χ3v) is 7.58. The number of nitrogens with one attached hydrogen (secondary N) is 1. The van der Waals surface area contributed by atoms with Crippen molar-refractivity contribution in [2.45, 2.75) is 57.6 Å². The third kappa shape index (κ3) is 7.02. The van der Waals surface area contributed by atoms with Crippen LogP contribution in [0.5, 0.6) is 0 Å². The van der Waals surface area contributed by atoms with E-state index < -0.39 is 27.6 Å². The Morgan fingerprint density at radius 2 is 1.49 bits per heavy atom. The SMILES string of the molecule is CC(C)C(NS(=O)(=O)c1ccc(-c2ccc(CC(=O)c3cc4ccccc4o3)cc2)cc1)C(=O)OC(C)(C)C. The number of hydrogen-bond donors (Lipinski definition) is 1. The lowest BCUT2D eigenvalue weighted by atomic mass is 10.0. The summed E-state index contributed by atoms with van der Waals surface area (Å²) in [4.78, 5) is 25.4. The zero-order chi connectivity index (χ0) is 28.4. The molecule has 8 heteroatoms. The quantitative estimate of drug-likeness (QED) is 0.199. The monoisotopic (exact) mass is 547 g/mol. The summed E-state index contributed by atoms with van der Waals surface area (Å²) in [6.07, 6.45) is 0.206. The van der Waals surface area contributed by atoms with Crippen LogP contribution in [0, 0.1) is 5.92 Å². The predicted molar refractivity (Wildman–Crippen MR) is 151 cm³/mol. The lowest BCUT2D eigenvalue weighted by molar-refractivity contribution is -0.158. The van der Waals surface area contributed by atoms with Gasteiger partial charge in [-0.2, -0.15) is 4.72 Å². The van der Waals surface area contributed by atoms with Gasteiger partial charge in [-0.3, -0.25) is 9.59 Å². The van der Waals surface area contributed by atoms with Crippen LogP contribution in [0.1, 0.15) is 50.7 Å². The third-order valence-electron chi connectivity index (χ3n) is 6.13. The fraction of sp³-hybridized carbons (Fsp3) is 0.290. The van der Waals surface area contributed by atoms with E-state index >= 15 is 0 Å². The Hall–Kier alpha value is -3.75. The van der Waals surface area contributed by atoms with Crippen LogP contribution in [0.4, 0.5) is 0 Å². The highest BCUT2D eigenvalue weighted by Crippen LogP contribution is 2.24. The number of ketones is 1. The summed E-state index contributed by atoms with van der Waals surface area (Å²) >= 11 is 0. The van der Waals surface area contributed by atoms with Crippen molar-refractivity contribution in [3.8, 4) is 11.1 Å². The molecule has 204 valence electrons. The van der Waals surface area contributed by atoms with Gasteiger partial charge >= 0.3 is 5.97 Å². The topological polar surface area (TPSA) is 103 Å². The summed E-state index contributed by atoms with van der Waals surface area (Å²) < 4.78 is 39.6. The number of benzene rings is 3. The average Bonchev–Trinajstić information content (AvgIpc) is 3.31. The fourth-order valence-electron chi connectivity index (χ4n) is 4.09. The normalized spacial score (nSPS) is 13.0. The molecule has 1 N–H and O–H groups in total. The first-order chi connectivity index (χ1) is 18.3. The second-order valence-electron chi connectivity index (χ2n) is 10.8.